The normalized spacial score (nSPS) is 28.9. The third-order valence-electron chi connectivity index (χ3n) is 5.30. The summed E-state index contributed by atoms with van der Waals surface area (Å²) in [6.45, 7) is 3.76. The number of carbonyl (C=O) groups excluding carboxylic acids is 2. The fourth-order valence-electron chi connectivity index (χ4n) is 4.17. The molecule has 2 bridgehead atoms. The summed E-state index contributed by atoms with van der Waals surface area (Å²) in [7, 11) is 1.41. The first-order chi connectivity index (χ1) is 10.9. The fraction of sp³-hybridized carbons (Fsp3) is 0.688. The van der Waals surface area contributed by atoms with E-state index in [1.165, 1.54) is 7.11 Å². The van der Waals surface area contributed by atoms with Crippen molar-refractivity contribution >= 4 is 23.5 Å². The van der Waals surface area contributed by atoms with Gasteiger partial charge in [-0.25, -0.2) is 0 Å². The van der Waals surface area contributed by atoms with Gasteiger partial charge in [0.15, 0.2) is 0 Å². The number of nitrogens with one attached hydrogen (secondary N) is 1. The Hall–Kier alpha value is -1.56. The molecule has 0 saturated heterocycles. The van der Waals surface area contributed by atoms with E-state index in [2.05, 4.69) is 10.4 Å². The van der Waals surface area contributed by atoms with Crippen LogP contribution in [0.25, 0.3) is 0 Å². The van der Waals surface area contributed by atoms with Gasteiger partial charge in [-0.05, 0) is 44.9 Å². The fourth-order valence-corrected chi connectivity index (χ4v) is 4.31. The molecule has 6 nitrogen and oxygen atoms in total. The lowest BCUT2D eigenvalue weighted by atomic mass is 9.84. The molecule has 7 heteroatoms. The average molecular weight is 340 g/mol. The van der Waals surface area contributed by atoms with Gasteiger partial charge >= 0.3 is 5.97 Å². The number of amides is 1. The molecule has 2 saturated carbocycles. The topological polar surface area (TPSA) is 73.2 Å². The van der Waals surface area contributed by atoms with Crippen molar-refractivity contribution in [3.8, 4) is 0 Å². The van der Waals surface area contributed by atoms with Crippen molar-refractivity contribution in [1.82, 2.24) is 15.1 Å². The molecule has 0 radical (unpaired) electrons. The van der Waals surface area contributed by atoms with Crippen molar-refractivity contribution in [3.63, 3.8) is 0 Å². The summed E-state index contributed by atoms with van der Waals surface area (Å²) in [6.07, 6.45) is 3.11. The van der Waals surface area contributed by atoms with Crippen molar-refractivity contribution < 1.29 is 14.3 Å². The second-order valence-electron chi connectivity index (χ2n) is 6.62. The molecule has 2 fully saturated rings. The highest BCUT2D eigenvalue weighted by Gasteiger charge is 2.51. The van der Waals surface area contributed by atoms with Crippen LogP contribution >= 0.6 is 11.6 Å². The second-order valence-corrected chi connectivity index (χ2v) is 7.00. The van der Waals surface area contributed by atoms with Gasteiger partial charge in [0.25, 0.3) is 0 Å². The maximum absolute atomic E-state index is 12.4. The van der Waals surface area contributed by atoms with E-state index in [1.807, 2.05) is 13.8 Å². The number of ether oxygens (including phenoxy) is 1. The Bertz CT molecular complexity index is 643. The number of hydrogen-bond donors (Lipinski definition) is 1. The van der Waals surface area contributed by atoms with Crippen LogP contribution in [0.5, 0.6) is 0 Å². The highest BCUT2D eigenvalue weighted by atomic mass is 35.5. The van der Waals surface area contributed by atoms with Gasteiger partial charge in [0.05, 0.1) is 29.4 Å². The SMILES string of the molecule is COC(=O)[C@H]1[C@H]2CC[C@@H](C2)[C@H]1NC(=O)Cn1nc(C)c(Cl)c1C. The van der Waals surface area contributed by atoms with E-state index in [1.54, 1.807) is 4.68 Å². The minimum Gasteiger partial charge on any atom is -0.469 e. The number of rotatable bonds is 4. The van der Waals surface area contributed by atoms with Crippen LogP contribution in [0.15, 0.2) is 0 Å². The van der Waals surface area contributed by atoms with Crippen LogP contribution in [0.3, 0.4) is 0 Å². The predicted molar refractivity (Wildman–Crippen MR) is 85.0 cm³/mol. The van der Waals surface area contributed by atoms with Gasteiger partial charge in [-0.1, -0.05) is 11.6 Å². The molecule has 1 amide bonds. The molecular formula is C16H22ClN3O3. The van der Waals surface area contributed by atoms with Crippen LogP contribution in [-0.2, 0) is 20.9 Å². The summed E-state index contributed by atoms with van der Waals surface area (Å²) in [5, 5.41) is 7.90. The zero-order chi connectivity index (χ0) is 16.7. The smallest absolute Gasteiger partial charge is 0.311 e. The Balaban J connectivity index is 1.69. The maximum atomic E-state index is 12.4. The van der Waals surface area contributed by atoms with Gasteiger partial charge in [-0.15, -0.1) is 0 Å². The van der Waals surface area contributed by atoms with E-state index in [-0.39, 0.29) is 30.4 Å². The monoisotopic (exact) mass is 339 g/mol. The van der Waals surface area contributed by atoms with Gasteiger partial charge in [-0.2, -0.15) is 5.10 Å². The zero-order valence-electron chi connectivity index (χ0n) is 13.6. The van der Waals surface area contributed by atoms with Crippen LogP contribution in [0.4, 0.5) is 0 Å². The summed E-state index contributed by atoms with van der Waals surface area (Å²) in [5.74, 6) is 0.139. The largest absolute Gasteiger partial charge is 0.469 e. The molecule has 2 aliphatic rings. The number of carbonyl (C=O) groups is 2. The molecule has 1 aromatic rings. The molecule has 1 aromatic heterocycles. The zero-order valence-corrected chi connectivity index (χ0v) is 14.4. The number of aromatic nitrogens is 2. The van der Waals surface area contributed by atoms with Crippen LogP contribution in [0.1, 0.15) is 30.7 Å². The van der Waals surface area contributed by atoms with Crippen molar-refractivity contribution in [2.45, 2.75) is 45.7 Å². The third-order valence-corrected chi connectivity index (χ3v) is 5.85. The maximum Gasteiger partial charge on any atom is 0.311 e. The van der Waals surface area contributed by atoms with Gasteiger partial charge < -0.3 is 10.1 Å². The highest BCUT2D eigenvalue weighted by Crippen LogP contribution is 2.48. The van der Waals surface area contributed by atoms with E-state index in [0.29, 0.717) is 22.6 Å². The molecule has 0 spiro atoms. The molecule has 1 heterocycles. The number of methoxy groups -OCH3 is 1. The Morgan fingerprint density at radius 3 is 2.65 bits per heavy atom. The first-order valence-electron chi connectivity index (χ1n) is 7.99. The van der Waals surface area contributed by atoms with Crippen molar-refractivity contribution in [2.75, 3.05) is 7.11 Å². The predicted octanol–water partition coefficient (Wildman–Crippen LogP) is 1.86. The Kier molecular flexibility index (Phi) is 4.36. The van der Waals surface area contributed by atoms with Crippen molar-refractivity contribution in [1.29, 1.82) is 0 Å². The lowest BCUT2D eigenvalue weighted by molar-refractivity contribution is -0.148. The van der Waals surface area contributed by atoms with Crippen LogP contribution in [-0.4, -0.2) is 34.8 Å². The second kappa shape index (κ2) is 6.15. The summed E-state index contributed by atoms with van der Waals surface area (Å²) in [5.41, 5.74) is 1.49. The lowest BCUT2D eigenvalue weighted by Gasteiger charge is -2.29. The van der Waals surface area contributed by atoms with Crippen LogP contribution in [0, 0.1) is 31.6 Å². The van der Waals surface area contributed by atoms with Gasteiger partial charge in [0.2, 0.25) is 5.91 Å². The number of esters is 1. The first kappa shape index (κ1) is 16.3. The van der Waals surface area contributed by atoms with E-state index in [0.717, 1.165) is 25.0 Å². The van der Waals surface area contributed by atoms with Crippen molar-refractivity contribution in [3.05, 3.63) is 16.4 Å². The molecular weight excluding hydrogens is 318 g/mol. The summed E-state index contributed by atoms with van der Waals surface area (Å²) < 4.78 is 6.53. The van der Waals surface area contributed by atoms with E-state index >= 15 is 0 Å². The molecule has 4 atom stereocenters. The molecule has 0 unspecified atom stereocenters. The van der Waals surface area contributed by atoms with E-state index in [4.69, 9.17) is 16.3 Å². The number of aryl methyl sites for hydroxylation is 1. The first-order valence-corrected chi connectivity index (χ1v) is 8.36. The molecule has 0 aliphatic heterocycles. The molecule has 126 valence electrons. The average Bonchev–Trinajstić information content (AvgIpc) is 3.18. The van der Waals surface area contributed by atoms with Gasteiger partial charge in [-0.3, -0.25) is 14.3 Å². The molecule has 1 N–H and O–H groups in total. The minimum atomic E-state index is -0.216. The molecule has 3 rings (SSSR count). The summed E-state index contributed by atoms with van der Waals surface area (Å²) in [6, 6.07) is -0.124. The van der Waals surface area contributed by atoms with Crippen LogP contribution < -0.4 is 5.32 Å². The van der Waals surface area contributed by atoms with Crippen molar-refractivity contribution in [2.24, 2.45) is 17.8 Å². The summed E-state index contributed by atoms with van der Waals surface area (Å²) in [4.78, 5) is 24.5. The highest BCUT2D eigenvalue weighted by molar-refractivity contribution is 6.31. The number of fused-ring (bicyclic) bond motifs is 2. The molecule has 2 aliphatic carbocycles. The van der Waals surface area contributed by atoms with E-state index < -0.39 is 0 Å². The summed E-state index contributed by atoms with van der Waals surface area (Å²) >= 11 is 6.11. The minimum absolute atomic E-state index is 0.112. The Morgan fingerprint density at radius 2 is 2.04 bits per heavy atom. The lowest BCUT2D eigenvalue weighted by Crippen LogP contribution is -2.48. The van der Waals surface area contributed by atoms with Crippen LogP contribution in [0.2, 0.25) is 5.02 Å². The number of nitrogens with zero attached hydrogens (tertiary/aromatic N) is 2. The molecule has 0 aromatic carbocycles. The third kappa shape index (κ3) is 2.84. The molecule has 23 heavy (non-hydrogen) atoms. The quantitative estimate of drug-likeness (QED) is 0.850. The van der Waals surface area contributed by atoms with Gasteiger partial charge in [0.1, 0.15) is 6.54 Å². The number of halogens is 1. The Labute approximate surface area is 140 Å². The number of hydrogen-bond acceptors (Lipinski definition) is 4. The van der Waals surface area contributed by atoms with Gasteiger partial charge in [0, 0.05) is 6.04 Å². The Morgan fingerprint density at radius 1 is 1.35 bits per heavy atom. The standard InChI is InChI=1S/C16H22ClN3O3/c1-8-14(17)9(2)20(19-8)7-12(21)18-15-11-5-4-10(6-11)13(15)16(22)23-3/h10-11,13,15H,4-7H2,1-3H3,(H,18,21)/t10-,11-,13-,15+/m0/s1. The van der Waals surface area contributed by atoms with E-state index in [9.17, 15) is 9.59 Å².